The van der Waals surface area contributed by atoms with Gasteiger partial charge in [-0.25, -0.2) is 0 Å². The maximum absolute atomic E-state index is 11.5. The van der Waals surface area contributed by atoms with Crippen LogP contribution in [0.15, 0.2) is 0 Å². The van der Waals surface area contributed by atoms with Crippen LogP contribution in [-0.2, 0) is 56.9 Å². The zero-order chi connectivity index (χ0) is 31.0. The van der Waals surface area contributed by atoms with E-state index in [9.17, 15) is 4.79 Å². The fourth-order valence-corrected chi connectivity index (χ4v) is 2.88. The highest BCUT2D eigenvalue weighted by molar-refractivity contribution is 5.69. The number of hydrogen-bond acceptors (Lipinski definition) is 13. The highest BCUT2D eigenvalue weighted by Gasteiger charge is 2.15. The van der Waals surface area contributed by atoms with Crippen LogP contribution >= 0.6 is 0 Å². The van der Waals surface area contributed by atoms with E-state index < -0.39 is 5.60 Å². The van der Waals surface area contributed by atoms with Crippen LogP contribution in [0.5, 0.6) is 0 Å². The highest BCUT2D eigenvalue weighted by atomic mass is 16.6. The van der Waals surface area contributed by atoms with E-state index in [2.05, 4.69) is 4.90 Å². The molecule has 0 saturated carbocycles. The van der Waals surface area contributed by atoms with Crippen molar-refractivity contribution in [1.29, 1.82) is 0 Å². The topological polar surface area (TPSA) is 122 Å². The predicted octanol–water partition coefficient (Wildman–Crippen LogP) is 1.45. The van der Waals surface area contributed by atoms with Crippen molar-refractivity contribution >= 4 is 5.97 Å². The van der Waals surface area contributed by atoms with Crippen LogP contribution in [0.4, 0.5) is 0 Å². The SMILES string of the molecule is CN(C)CCOCCOCCOCCOCCOCCOCCOCCOCCOCCOCCC(=O)OC(C)(C)C. The fourth-order valence-electron chi connectivity index (χ4n) is 2.88. The third kappa shape index (κ3) is 37.1. The first-order valence-electron chi connectivity index (χ1n) is 15.0. The highest BCUT2D eigenvalue weighted by Crippen LogP contribution is 2.08. The van der Waals surface area contributed by atoms with Gasteiger partial charge in [0.2, 0.25) is 0 Å². The Morgan fingerprint density at radius 1 is 0.429 bits per heavy atom. The number of esters is 1. The molecule has 42 heavy (non-hydrogen) atoms. The molecular weight excluding hydrogens is 554 g/mol. The summed E-state index contributed by atoms with van der Waals surface area (Å²) in [5.74, 6) is -0.262. The number of hydrogen-bond donors (Lipinski definition) is 0. The van der Waals surface area contributed by atoms with Gasteiger partial charge < -0.3 is 57.0 Å². The van der Waals surface area contributed by atoms with Gasteiger partial charge in [0.15, 0.2) is 0 Å². The average Bonchev–Trinajstić information content (AvgIpc) is 2.92. The Kier molecular flexibility index (Phi) is 30.7. The zero-order valence-electron chi connectivity index (χ0n) is 26.9. The second-order valence-corrected chi connectivity index (χ2v) is 10.3. The van der Waals surface area contributed by atoms with Crippen LogP contribution in [0.25, 0.3) is 0 Å². The summed E-state index contributed by atoms with van der Waals surface area (Å²) < 4.78 is 59.6. The zero-order valence-corrected chi connectivity index (χ0v) is 26.9. The van der Waals surface area contributed by atoms with E-state index in [-0.39, 0.29) is 12.4 Å². The standard InChI is InChI=1S/C29H59NO12/c1-29(2,3)42-28(31)6-8-32-10-12-34-14-16-36-18-20-38-22-24-40-26-27-41-25-23-39-21-19-37-17-15-35-13-11-33-9-7-30(4)5/h6-27H2,1-5H3. The number of rotatable bonds is 33. The molecule has 0 aromatic carbocycles. The van der Waals surface area contributed by atoms with Crippen LogP contribution in [0, 0.1) is 0 Å². The van der Waals surface area contributed by atoms with Gasteiger partial charge in [0.1, 0.15) is 5.60 Å². The smallest absolute Gasteiger partial charge is 0.308 e. The molecule has 0 aromatic rings. The predicted molar refractivity (Wildman–Crippen MR) is 157 cm³/mol. The molecule has 0 amide bonds. The summed E-state index contributed by atoms with van der Waals surface area (Å²) in [6.07, 6.45) is 0.235. The molecular formula is C29H59NO12. The Hall–Kier alpha value is -0.970. The minimum absolute atomic E-state index is 0.235. The van der Waals surface area contributed by atoms with Crippen molar-refractivity contribution < 1.29 is 56.9 Å². The monoisotopic (exact) mass is 613 g/mol. The van der Waals surface area contributed by atoms with E-state index in [0.717, 1.165) is 6.54 Å². The lowest BCUT2D eigenvalue weighted by Crippen LogP contribution is -2.24. The van der Waals surface area contributed by atoms with Gasteiger partial charge in [0.25, 0.3) is 0 Å². The van der Waals surface area contributed by atoms with Gasteiger partial charge >= 0.3 is 5.97 Å². The molecule has 0 aliphatic carbocycles. The molecule has 0 unspecified atom stereocenters. The van der Waals surface area contributed by atoms with Crippen LogP contribution in [0.1, 0.15) is 27.2 Å². The molecule has 13 heteroatoms. The molecule has 252 valence electrons. The van der Waals surface area contributed by atoms with Crippen molar-refractivity contribution in [2.45, 2.75) is 32.8 Å². The van der Waals surface area contributed by atoms with E-state index in [1.807, 2.05) is 34.9 Å². The lowest BCUT2D eigenvalue weighted by molar-refractivity contribution is -0.156. The van der Waals surface area contributed by atoms with E-state index in [1.54, 1.807) is 0 Å². The summed E-state index contributed by atoms with van der Waals surface area (Å²) in [4.78, 5) is 13.6. The van der Waals surface area contributed by atoms with Gasteiger partial charge in [-0.2, -0.15) is 0 Å². The maximum Gasteiger partial charge on any atom is 0.308 e. The quantitative estimate of drug-likeness (QED) is 0.0785. The van der Waals surface area contributed by atoms with E-state index in [4.69, 9.17) is 52.1 Å². The molecule has 0 atom stereocenters. The molecule has 0 fully saturated rings. The summed E-state index contributed by atoms with van der Waals surface area (Å²) >= 11 is 0. The first-order valence-corrected chi connectivity index (χ1v) is 15.0. The van der Waals surface area contributed by atoms with Gasteiger partial charge in [0, 0.05) is 6.54 Å². The second-order valence-electron chi connectivity index (χ2n) is 10.3. The maximum atomic E-state index is 11.5. The Bertz CT molecular complexity index is 563. The third-order valence-corrected chi connectivity index (χ3v) is 4.90. The number of likely N-dealkylation sites (N-methyl/N-ethyl adjacent to an activating group) is 1. The van der Waals surface area contributed by atoms with Crippen molar-refractivity contribution in [2.75, 3.05) is 153 Å². The molecule has 0 aliphatic rings. The molecule has 0 rings (SSSR count). The lowest BCUT2D eigenvalue weighted by atomic mass is 10.2. The van der Waals surface area contributed by atoms with Gasteiger partial charge in [-0.05, 0) is 34.9 Å². The van der Waals surface area contributed by atoms with Crippen LogP contribution in [-0.4, -0.2) is 169 Å². The van der Waals surface area contributed by atoms with Crippen molar-refractivity contribution in [2.24, 2.45) is 0 Å². The number of carbonyl (C=O) groups is 1. The number of ether oxygens (including phenoxy) is 11. The molecule has 0 aromatic heterocycles. The van der Waals surface area contributed by atoms with Gasteiger partial charge in [-0.1, -0.05) is 0 Å². The summed E-state index contributed by atoms with van der Waals surface area (Å²) in [5, 5.41) is 0. The van der Waals surface area contributed by atoms with E-state index in [0.29, 0.717) is 132 Å². The Labute approximate surface area is 253 Å². The van der Waals surface area contributed by atoms with Crippen molar-refractivity contribution in [1.82, 2.24) is 4.90 Å². The van der Waals surface area contributed by atoms with Crippen molar-refractivity contribution in [3.05, 3.63) is 0 Å². The van der Waals surface area contributed by atoms with Crippen LogP contribution in [0.3, 0.4) is 0 Å². The lowest BCUT2D eigenvalue weighted by Gasteiger charge is -2.19. The van der Waals surface area contributed by atoms with Crippen molar-refractivity contribution in [3.8, 4) is 0 Å². The average molecular weight is 614 g/mol. The number of carbonyl (C=O) groups excluding carboxylic acids is 1. The summed E-state index contributed by atoms with van der Waals surface area (Å²) in [6.45, 7) is 16.6. The summed E-state index contributed by atoms with van der Waals surface area (Å²) in [6, 6.07) is 0. The molecule has 0 radical (unpaired) electrons. The Morgan fingerprint density at radius 3 is 0.905 bits per heavy atom. The van der Waals surface area contributed by atoms with E-state index in [1.165, 1.54) is 0 Å². The van der Waals surface area contributed by atoms with E-state index >= 15 is 0 Å². The van der Waals surface area contributed by atoms with Gasteiger partial charge in [-0.3, -0.25) is 4.79 Å². The minimum Gasteiger partial charge on any atom is -0.460 e. The molecule has 0 N–H and O–H groups in total. The van der Waals surface area contributed by atoms with Gasteiger partial charge in [-0.15, -0.1) is 0 Å². The number of nitrogens with zero attached hydrogens (tertiary/aromatic N) is 1. The van der Waals surface area contributed by atoms with Crippen LogP contribution in [0.2, 0.25) is 0 Å². The third-order valence-electron chi connectivity index (χ3n) is 4.90. The Balaban J connectivity index is 3.10. The van der Waals surface area contributed by atoms with Crippen LogP contribution < -0.4 is 0 Å². The second kappa shape index (κ2) is 31.5. The first kappa shape index (κ1) is 41.0. The minimum atomic E-state index is -0.470. The Morgan fingerprint density at radius 2 is 0.667 bits per heavy atom. The summed E-state index contributed by atoms with van der Waals surface area (Å²) in [7, 11) is 4.04. The first-order chi connectivity index (χ1) is 20.3. The normalized spacial score (nSPS) is 12.0. The molecule has 13 nitrogen and oxygen atoms in total. The molecule has 0 heterocycles. The molecule has 0 spiro atoms. The molecule has 0 aliphatic heterocycles. The van der Waals surface area contributed by atoms with Crippen molar-refractivity contribution in [3.63, 3.8) is 0 Å². The molecule has 0 bridgehead atoms. The molecule has 0 saturated heterocycles. The summed E-state index contributed by atoms with van der Waals surface area (Å²) in [5.41, 5.74) is -0.470. The fraction of sp³-hybridized carbons (Fsp3) is 0.966. The largest absolute Gasteiger partial charge is 0.460 e. The van der Waals surface area contributed by atoms with Gasteiger partial charge in [0.05, 0.1) is 139 Å².